The van der Waals surface area contributed by atoms with Crippen LogP contribution >= 0.6 is 0 Å². The third-order valence-electron chi connectivity index (χ3n) is 5.92. The Morgan fingerprint density at radius 3 is 2.14 bits per heavy atom. The van der Waals surface area contributed by atoms with Crippen LogP contribution in [0.4, 0.5) is 0 Å². The first-order valence-electron chi connectivity index (χ1n) is 10.3. The Labute approximate surface area is 168 Å². The molecule has 0 unspecified atom stereocenters. The molecule has 3 heteroatoms. The van der Waals surface area contributed by atoms with E-state index in [-0.39, 0.29) is 11.9 Å². The van der Waals surface area contributed by atoms with Gasteiger partial charge < -0.3 is 4.74 Å². The molecule has 0 saturated heterocycles. The Morgan fingerprint density at radius 1 is 0.929 bits per heavy atom. The largest absolute Gasteiger partial charge is 0.461 e. The van der Waals surface area contributed by atoms with Crippen molar-refractivity contribution in [1.82, 2.24) is 0 Å². The number of ether oxygens (including phenoxy) is 1. The average Bonchev–Trinajstić information content (AvgIpc) is 2.69. The van der Waals surface area contributed by atoms with E-state index in [1.165, 1.54) is 6.42 Å². The highest BCUT2D eigenvalue weighted by molar-refractivity contribution is 6.13. The molecule has 2 aromatic carbocycles. The molecule has 0 N–H and O–H groups in total. The van der Waals surface area contributed by atoms with Crippen molar-refractivity contribution in [3.05, 3.63) is 71.8 Å². The molecule has 0 heterocycles. The smallest absolute Gasteiger partial charge is 0.321 e. The van der Waals surface area contributed by atoms with Gasteiger partial charge in [-0.3, -0.25) is 9.59 Å². The molecule has 1 aliphatic carbocycles. The van der Waals surface area contributed by atoms with Crippen molar-refractivity contribution in [2.24, 2.45) is 17.8 Å². The van der Waals surface area contributed by atoms with Crippen LogP contribution in [0.1, 0.15) is 61.9 Å². The van der Waals surface area contributed by atoms with Crippen molar-refractivity contribution in [2.75, 3.05) is 0 Å². The summed E-state index contributed by atoms with van der Waals surface area (Å²) in [6, 6.07) is 18.3. The van der Waals surface area contributed by atoms with Crippen LogP contribution in [0.3, 0.4) is 0 Å². The van der Waals surface area contributed by atoms with Gasteiger partial charge in [-0.25, -0.2) is 0 Å². The third kappa shape index (κ3) is 4.70. The minimum Gasteiger partial charge on any atom is -0.461 e. The van der Waals surface area contributed by atoms with Crippen LogP contribution < -0.4 is 0 Å². The summed E-state index contributed by atoms with van der Waals surface area (Å²) < 4.78 is 6.04. The van der Waals surface area contributed by atoms with Gasteiger partial charge in [0.25, 0.3) is 0 Å². The van der Waals surface area contributed by atoms with Gasteiger partial charge in [0.2, 0.25) is 0 Å². The number of ketones is 1. The monoisotopic (exact) mass is 378 g/mol. The summed E-state index contributed by atoms with van der Waals surface area (Å²) in [5.74, 6) is -0.221. The van der Waals surface area contributed by atoms with Crippen LogP contribution in [0, 0.1) is 17.8 Å². The number of benzene rings is 2. The predicted octanol–water partition coefficient (Wildman–Crippen LogP) is 5.66. The van der Waals surface area contributed by atoms with E-state index in [1.807, 2.05) is 48.5 Å². The summed E-state index contributed by atoms with van der Waals surface area (Å²) in [5.41, 5.74) is 1.22. The summed E-state index contributed by atoms with van der Waals surface area (Å²) in [7, 11) is 0. The van der Waals surface area contributed by atoms with Crippen LogP contribution in [0.25, 0.3) is 0 Å². The number of hydrogen-bond donors (Lipinski definition) is 0. The van der Waals surface area contributed by atoms with E-state index in [1.54, 1.807) is 12.1 Å². The van der Waals surface area contributed by atoms with Gasteiger partial charge in [0.1, 0.15) is 12.0 Å². The van der Waals surface area contributed by atoms with Crippen LogP contribution in [0.15, 0.2) is 60.7 Å². The fraction of sp³-hybridized carbons (Fsp3) is 0.440. The van der Waals surface area contributed by atoms with E-state index >= 15 is 0 Å². The number of hydrogen-bond acceptors (Lipinski definition) is 3. The molecule has 3 nitrogen and oxygen atoms in total. The van der Waals surface area contributed by atoms with E-state index in [2.05, 4.69) is 20.8 Å². The molecule has 0 spiro atoms. The van der Waals surface area contributed by atoms with Gasteiger partial charge in [-0.15, -0.1) is 0 Å². The summed E-state index contributed by atoms with van der Waals surface area (Å²) in [4.78, 5) is 26.5. The number of esters is 1. The normalized spacial score (nSPS) is 23.2. The van der Waals surface area contributed by atoms with Crippen molar-refractivity contribution in [3.8, 4) is 0 Å². The molecule has 0 amide bonds. The highest BCUT2D eigenvalue weighted by Crippen LogP contribution is 2.36. The SMILES string of the molecule is CC(C)[C@@H]1CC[C@@H](C)C[C@H]1OC(=O)[C@H](C(=O)c1ccccc1)c1ccccc1. The molecule has 1 aliphatic rings. The zero-order valence-electron chi connectivity index (χ0n) is 17.0. The Morgan fingerprint density at radius 2 is 1.54 bits per heavy atom. The zero-order valence-corrected chi connectivity index (χ0v) is 17.0. The lowest BCUT2D eigenvalue weighted by Gasteiger charge is -2.37. The van der Waals surface area contributed by atoms with E-state index in [9.17, 15) is 9.59 Å². The third-order valence-corrected chi connectivity index (χ3v) is 5.92. The first kappa shape index (κ1) is 20.3. The standard InChI is InChI=1S/C25H30O3/c1-17(2)21-15-14-18(3)16-22(21)28-25(27)23(19-10-6-4-7-11-19)24(26)20-12-8-5-9-13-20/h4-13,17-18,21-23H,14-16H2,1-3H3/t18-,21+,22-,23+/m1/s1. The molecule has 0 aromatic heterocycles. The molecule has 148 valence electrons. The molecule has 1 saturated carbocycles. The van der Waals surface area contributed by atoms with E-state index < -0.39 is 11.9 Å². The number of rotatable bonds is 6. The topological polar surface area (TPSA) is 43.4 Å². The molecular formula is C25H30O3. The molecule has 0 aliphatic heterocycles. The maximum Gasteiger partial charge on any atom is 0.321 e. The van der Waals surface area contributed by atoms with Crippen molar-refractivity contribution < 1.29 is 14.3 Å². The van der Waals surface area contributed by atoms with Gasteiger partial charge in [0.15, 0.2) is 5.78 Å². The number of Topliss-reactive ketones (excluding diaryl/α,β-unsaturated/α-hetero) is 1. The Balaban J connectivity index is 1.87. The van der Waals surface area contributed by atoms with E-state index in [0.29, 0.717) is 28.9 Å². The Kier molecular flexibility index (Phi) is 6.66. The lowest BCUT2D eigenvalue weighted by atomic mass is 9.75. The van der Waals surface area contributed by atoms with Crippen molar-refractivity contribution in [3.63, 3.8) is 0 Å². The summed E-state index contributed by atoms with van der Waals surface area (Å²) >= 11 is 0. The molecule has 1 fully saturated rings. The first-order chi connectivity index (χ1) is 13.5. The maximum absolute atomic E-state index is 13.3. The second-order valence-electron chi connectivity index (χ2n) is 8.38. The lowest BCUT2D eigenvalue weighted by Crippen LogP contribution is -2.38. The lowest BCUT2D eigenvalue weighted by molar-refractivity contribution is -0.156. The maximum atomic E-state index is 13.3. The average molecular weight is 379 g/mol. The summed E-state index contributed by atoms with van der Waals surface area (Å²) in [6.45, 7) is 6.58. The highest BCUT2D eigenvalue weighted by atomic mass is 16.5. The Hall–Kier alpha value is -2.42. The molecule has 28 heavy (non-hydrogen) atoms. The van der Waals surface area contributed by atoms with Gasteiger partial charge in [0, 0.05) is 5.56 Å². The number of carbonyl (C=O) groups excluding carboxylic acids is 2. The van der Waals surface area contributed by atoms with Crippen molar-refractivity contribution in [1.29, 1.82) is 0 Å². The molecule has 3 rings (SSSR count). The summed E-state index contributed by atoms with van der Waals surface area (Å²) in [5, 5.41) is 0. The first-order valence-corrected chi connectivity index (χ1v) is 10.3. The second-order valence-corrected chi connectivity index (χ2v) is 8.38. The van der Waals surface area contributed by atoms with Gasteiger partial charge in [-0.1, -0.05) is 87.9 Å². The van der Waals surface area contributed by atoms with Gasteiger partial charge in [-0.2, -0.15) is 0 Å². The zero-order chi connectivity index (χ0) is 20.1. The van der Waals surface area contributed by atoms with Crippen LogP contribution in [-0.4, -0.2) is 17.9 Å². The second kappa shape index (κ2) is 9.18. The van der Waals surface area contributed by atoms with Gasteiger partial charge in [-0.05, 0) is 36.2 Å². The van der Waals surface area contributed by atoms with Gasteiger partial charge >= 0.3 is 5.97 Å². The number of carbonyl (C=O) groups is 2. The fourth-order valence-electron chi connectivity index (χ4n) is 4.28. The molecule has 4 atom stereocenters. The summed E-state index contributed by atoms with van der Waals surface area (Å²) in [6.07, 6.45) is 2.99. The Bertz CT molecular complexity index is 782. The predicted molar refractivity (Wildman–Crippen MR) is 111 cm³/mol. The van der Waals surface area contributed by atoms with Crippen molar-refractivity contribution in [2.45, 2.75) is 52.1 Å². The minimum absolute atomic E-state index is 0.119. The van der Waals surface area contributed by atoms with E-state index in [4.69, 9.17) is 4.74 Å². The molecular weight excluding hydrogens is 348 g/mol. The van der Waals surface area contributed by atoms with Crippen LogP contribution in [0.2, 0.25) is 0 Å². The molecule has 2 aromatic rings. The molecule has 0 bridgehead atoms. The molecule has 0 radical (unpaired) electrons. The van der Waals surface area contributed by atoms with Crippen LogP contribution in [-0.2, 0) is 9.53 Å². The van der Waals surface area contributed by atoms with Gasteiger partial charge in [0.05, 0.1) is 0 Å². The van der Waals surface area contributed by atoms with Crippen LogP contribution in [0.5, 0.6) is 0 Å². The fourth-order valence-corrected chi connectivity index (χ4v) is 4.28. The van der Waals surface area contributed by atoms with E-state index in [0.717, 1.165) is 12.8 Å². The minimum atomic E-state index is -0.923. The highest BCUT2D eigenvalue weighted by Gasteiger charge is 2.37. The van der Waals surface area contributed by atoms with Crippen molar-refractivity contribution >= 4 is 11.8 Å². The quantitative estimate of drug-likeness (QED) is 0.370.